The lowest BCUT2D eigenvalue weighted by Crippen LogP contribution is -2.42. The number of benzene rings is 1. The highest BCUT2D eigenvalue weighted by molar-refractivity contribution is 5.86. The maximum absolute atomic E-state index is 13.1. The molecule has 1 aromatic carbocycles. The summed E-state index contributed by atoms with van der Waals surface area (Å²) in [5, 5.41) is 2.42. The molecule has 0 bridgehead atoms. The molecule has 0 aliphatic heterocycles. The first-order valence-electron chi connectivity index (χ1n) is 6.64. The quantitative estimate of drug-likeness (QED) is 0.775. The Morgan fingerprint density at radius 2 is 1.91 bits per heavy atom. The first kappa shape index (κ1) is 17.7. The van der Waals surface area contributed by atoms with Crippen LogP contribution in [-0.2, 0) is 25.5 Å². The first-order valence-corrected chi connectivity index (χ1v) is 6.64. The molecular formula is C15H17F2NO4. The van der Waals surface area contributed by atoms with Crippen molar-refractivity contribution in [3.8, 4) is 0 Å². The number of rotatable bonds is 7. The molecule has 7 heteroatoms. The lowest BCUT2D eigenvalue weighted by molar-refractivity contribution is -0.145. The molecule has 0 radical (unpaired) electrons. The van der Waals surface area contributed by atoms with Crippen molar-refractivity contribution < 1.29 is 27.9 Å². The average molecular weight is 313 g/mol. The van der Waals surface area contributed by atoms with Gasteiger partial charge in [-0.05, 0) is 31.0 Å². The molecule has 0 aromatic heterocycles. The summed E-state index contributed by atoms with van der Waals surface area (Å²) in [5.41, 5.74) is 0.270. The summed E-state index contributed by atoms with van der Waals surface area (Å²) < 4.78 is 30.4. The zero-order chi connectivity index (χ0) is 16.7. The number of methoxy groups -OCH3 is 1. The standard InChI is InChI=1S/C15H17F2NO4/c1-9(19)3-6-13(15(21)22-2)18-14(20)8-10-4-5-11(16)12(17)7-10/h4-5,7,13H,3,6,8H2,1-2H3,(H,18,20)/t13-/m1/s1. The second-order valence-electron chi connectivity index (χ2n) is 4.81. The number of halogens is 2. The van der Waals surface area contributed by atoms with Crippen LogP contribution in [-0.4, -0.2) is 30.8 Å². The Bertz CT molecular complexity index is 575. The van der Waals surface area contributed by atoms with Crippen molar-refractivity contribution in [3.05, 3.63) is 35.4 Å². The number of ether oxygens (including phenoxy) is 1. The molecule has 22 heavy (non-hydrogen) atoms. The van der Waals surface area contributed by atoms with Crippen molar-refractivity contribution in [1.82, 2.24) is 5.32 Å². The minimum Gasteiger partial charge on any atom is -0.467 e. The van der Waals surface area contributed by atoms with Crippen LogP contribution in [0.1, 0.15) is 25.3 Å². The molecule has 0 aliphatic carbocycles. The van der Waals surface area contributed by atoms with E-state index in [-0.39, 0.29) is 30.6 Å². The normalized spacial score (nSPS) is 11.6. The molecule has 0 heterocycles. The summed E-state index contributed by atoms with van der Waals surface area (Å²) in [7, 11) is 1.17. The number of hydrogen-bond donors (Lipinski definition) is 1. The fourth-order valence-corrected chi connectivity index (χ4v) is 1.82. The van der Waals surface area contributed by atoms with Gasteiger partial charge in [-0.1, -0.05) is 6.07 Å². The van der Waals surface area contributed by atoms with Crippen LogP contribution in [0.4, 0.5) is 8.78 Å². The van der Waals surface area contributed by atoms with Crippen LogP contribution in [0.15, 0.2) is 18.2 Å². The third-order valence-corrected chi connectivity index (χ3v) is 2.95. The predicted molar refractivity (Wildman–Crippen MR) is 73.9 cm³/mol. The summed E-state index contributed by atoms with van der Waals surface area (Å²) in [6.07, 6.45) is 0.0154. The van der Waals surface area contributed by atoms with Gasteiger partial charge in [0.1, 0.15) is 11.8 Å². The minimum atomic E-state index is -1.05. The molecule has 1 amide bonds. The lowest BCUT2D eigenvalue weighted by Gasteiger charge is -2.16. The van der Waals surface area contributed by atoms with E-state index in [2.05, 4.69) is 10.1 Å². The average Bonchev–Trinajstić information content (AvgIpc) is 2.46. The van der Waals surface area contributed by atoms with Crippen LogP contribution in [0.5, 0.6) is 0 Å². The van der Waals surface area contributed by atoms with Crippen molar-refractivity contribution >= 4 is 17.7 Å². The van der Waals surface area contributed by atoms with E-state index in [0.717, 1.165) is 12.1 Å². The van der Waals surface area contributed by atoms with E-state index in [0.29, 0.717) is 0 Å². The largest absolute Gasteiger partial charge is 0.467 e. The van der Waals surface area contributed by atoms with E-state index in [1.54, 1.807) is 0 Å². The molecular weight excluding hydrogens is 296 g/mol. The molecule has 5 nitrogen and oxygen atoms in total. The van der Waals surface area contributed by atoms with Crippen LogP contribution in [0, 0.1) is 11.6 Å². The monoisotopic (exact) mass is 313 g/mol. The Morgan fingerprint density at radius 3 is 2.45 bits per heavy atom. The first-order chi connectivity index (χ1) is 10.3. The number of ketones is 1. The number of hydrogen-bond acceptors (Lipinski definition) is 4. The topological polar surface area (TPSA) is 72.5 Å². The highest BCUT2D eigenvalue weighted by atomic mass is 19.2. The van der Waals surface area contributed by atoms with E-state index in [1.165, 1.54) is 20.1 Å². The molecule has 0 saturated carbocycles. The van der Waals surface area contributed by atoms with Gasteiger partial charge in [0.05, 0.1) is 13.5 Å². The molecule has 1 atom stereocenters. The Morgan fingerprint density at radius 1 is 1.23 bits per heavy atom. The zero-order valence-corrected chi connectivity index (χ0v) is 12.3. The van der Waals surface area contributed by atoms with E-state index in [9.17, 15) is 23.2 Å². The van der Waals surface area contributed by atoms with Gasteiger partial charge in [0.25, 0.3) is 0 Å². The van der Waals surface area contributed by atoms with Gasteiger partial charge in [0, 0.05) is 6.42 Å². The van der Waals surface area contributed by atoms with Crippen LogP contribution in [0.3, 0.4) is 0 Å². The minimum absolute atomic E-state index is 0.116. The highest BCUT2D eigenvalue weighted by Gasteiger charge is 2.22. The molecule has 1 rings (SSSR count). The number of nitrogens with one attached hydrogen (secondary N) is 1. The molecule has 0 saturated heterocycles. The van der Waals surface area contributed by atoms with Crippen molar-refractivity contribution in [1.29, 1.82) is 0 Å². The summed E-state index contributed by atoms with van der Waals surface area (Å²) in [5.74, 6) is -3.39. The van der Waals surface area contributed by atoms with Gasteiger partial charge >= 0.3 is 5.97 Å². The van der Waals surface area contributed by atoms with Crippen LogP contribution in [0.25, 0.3) is 0 Å². The van der Waals surface area contributed by atoms with E-state index in [4.69, 9.17) is 0 Å². The maximum atomic E-state index is 13.1. The lowest BCUT2D eigenvalue weighted by atomic mass is 10.1. The number of carbonyl (C=O) groups is 3. The van der Waals surface area contributed by atoms with Gasteiger partial charge < -0.3 is 14.8 Å². The van der Waals surface area contributed by atoms with Gasteiger partial charge in [-0.3, -0.25) is 4.79 Å². The molecule has 1 N–H and O–H groups in total. The molecule has 0 aliphatic rings. The van der Waals surface area contributed by atoms with Gasteiger partial charge in [-0.25, -0.2) is 13.6 Å². The fraction of sp³-hybridized carbons (Fsp3) is 0.400. The van der Waals surface area contributed by atoms with E-state index in [1.807, 2.05) is 0 Å². The van der Waals surface area contributed by atoms with Gasteiger partial charge in [-0.15, -0.1) is 0 Å². The van der Waals surface area contributed by atoms with Crippen molar-refractivity contribution in [2.75, 3.05) is 7.11 Å². The number of Topliss-reactive ketones (excluding diaryl/α,β-unsaturated/α-hetero) is 1. The molecule has 120 valence electrons. The number of esters is 1. The second kappa shape index (κ2) is 8.21. The third-order valence-electron chi connectivity index (χ3n) is 2.95. The highest BCUT2D eigenvalue weighted by Crippen LogP contribution is 2.09. The van der Waals surface area contributed by atoms with Crippen molar-refractivity contribution in [2.24, 2.45) is 0 Å². The Balaban J connectivity index is 2.67. The number of carbonyl (C=O) groups excluding carboxylic acids is 3. The van der Waals surface area contributed by atoms with Crippen LogP contribution in [0.2, 0.25) is 0 Å². The molecule has 1 aromatic rings. The van der Waals surface area contributed by atoms with Gasteiger partial charge in [-0.2, -0.15) is 0 Å². The summed E-state index contributed by atoms with van der Waals surface area (Å²) in [4.78, 5) is 34.4. The second-order valence-corrected chi connectivity index (χ2v) is 4.81. The van der Waals surface area contributed by atoms with Gasteiger partial charge in [0.15, 0.2) is 11.6 Å². The van der Waals surface area contributed by atoms with Crippen LogP contribution >= 0.6 is 0 Å². The van der Waals surface area contributed by atoms with E-state index >= 15 is 0 Å². The SMILES string of the molecule is COC(=O)[C@@H](CCC(C)=O)NC(=O)Cc1ccc(F)c(F)c1. The van der Waals surface area contributed by atoms with Crippen molar-refractivity contribution in [2.45, 2.75) is 32.2 Å². The smallest absolute Gasteiger partial charge is 0.328 e. The summed E-state index contributed by atoms with van der Waals surface area (Å²) >= 11 is 0. The predicted octanol–water partition coefficient (Wildman–Crippen LogP) is 1.53. The summed E-state index contributed by atoms with van der Waals surface area (Å²) in [6.45, 7) is 1.37. The number of amides is 1. The zero-order valence-electron chi connectivity index (χ0n) is 12.3. The van der Waals surface area contributed by atoms with Crippen molar-refractivity contribution in [3.63, 3.8) is 0 Å². The van der Waals surface area contributed by atoms with Gasteiger partial charge in [0.2, 0.25) is 5.91 Å². The Hall–Kier alpha value is -2.31. The molecule has 0 unspecified atom stereocenters. The summed E-state index contributed by atoms with van der Waals surface area (Å²) in [6, 6.07) is 2.16. The fourth-order valence-electron chi connectivity index (χ4n) is 1.82. The Labute approximate surface area is 126 Å². The third kappa shape index (κ3) is 5.59. The molecule has 0 fully saturated rings. The Kier molecular flexibility index (Phi) is 6.62. The maximum Gasteiger partial charge on any atom is 0.328 e. The van der Waals surface area contributed by atoms with Crippen LogP contribution < -0.4 is 5.32 Å². The van der Waals surface area contributed by atoms with E-state index < -0.39 is 29.6 Å². The molecule has 0 spiro atoms.